The molecular formula is C16H24N4O4. The van der Waals surface area contributed by atoms with Crippen molar-refractivity contribution in [1.82, 2.24) is 19.8 Å². The Balaban J connectivity index is 2.11. The summed E-state index contributed by atoms with van der Waals surface area (Å²) in [6, 6.07) is 1.45. The highest BCUT2D eigenvalue weighted by atomic mass is 16.5. The first-order chi connectivity index (χ1) is 11.6. The van der Waals surface area contributed by atoms with Gasteiger partial charge in [-0.25, -0.2) is 9.78 Å². The predicted molar refractivity (Wildman–Crippen MR) is 87.3 cm³/mol. The standard InChI is InChI=1S/C16H24N4O4/c1-17-14(21)7-6-12-13(24-2)5-3-10-20(12)15(22)11-19-9-4-8-18-16(19)23/h4,8-9,12-13H,3,5-7,10-11H2,1-2H3,(H,17,21)/t12-,13-/m0/s1. The minimum Gasteiger partial charge on any atom is -0.379 e. The van der Waals surface area contributed by atoms with E-state index in [9.17, 15) is 14.4 Å². The van der Waals surface area contributed by atoms with Gasteiger partial charge in [0, 0.05) is 39.5 Å². The smallest absolute Gasteiger partial charge is 0.347 e. The second-order valence-electron chi connectivity index (χ2n) is 5.81. The predicted octanol–water partition coefficient (Wildman–Crippen LogP) is -0.224. The average Bonchev–Trinajstić information content (AvgIpc) is 2.61. The van der Waals surface area contributed by atoms with Gasteiger partial charge in [-0.2, -0.15) is 0 Å². The summed E-state index contributed by atoms with van der Waals surface area (Å²) in [5.74, 6) is -0.222. The lowest BCUT2D eigenvalue weighted by molar-refractivity contribution is -0.141. The molecule has 8 heteroatoms. The monoisotopic (exact) mass is 336 g/mol. The molecule has 0 spiro atoms. The molecule has 0 aromatic carbocycles. The minimum absolute atomic E-state index is 0.0560. The van der Waals surface area contributed by atoms with Gasteiger partial charge >= 0.3 is 5.69 Å². The highest BCUT2D eigenvalue weighted by Gasteiger charge is 2.34. The molecule has 1 aromatic heterocycles. The van der Waals surface area contributed by atoms with Gasteiger partial charge in [0.05, 0.1) is 12.1 Å². The Morgan fingerprint density at radius 2 is 2.25 bits per heavy atom. The van der Waals surface area contributed by atoms with Crippen LogP contribution < -0.4 is 11.0 Å². The van der Waals surface area contributed by atoms with Crippen LogP contribution in [-0.2, 0) is 20.9 Å². The lowest BCUT2D eigenvalue weighted by Gasteiger charge is -2.40. The SMILES string of the molecule is CNC(=O)CC[C@H]1[C@@H](OC)CCCN1C(=O)Cn1cccnc1=O. The van der Waals surface area contributed by atoms with E-state index in [4.69, 9.17) is 4.74 Å². The van der Waals surface area contributed by atoms with Gasteiger partial charge in [0.1, 0.15) is 6.54 Å². The first-order valence-electron chi connectivity index (χ1n) is 8.11. The summed E-state index contributed by atoms with van der Waals surface area (Å²) >= 11 is 0. The topological polar surface area (TPSA) is 93.5 Å². The van der Waals surface area contributed by atoms with Crippen LogP contribution in [0.15, 0.2) is 23.3 Å². The van der Waals surface area contributed by atoms with Crippen LogP contribution in [0.25, 0.3) is 0 Å². The molecule has 2 atom stereocenters. The van der Waals surface area contributed by atoms with Crippen LogP contribution >= 0.6 is 0 Å². The lowest BCUT2D eigenvalue weighted by atomic mass is 9.94. The molecule has 0 radical (unpaired) electrons. The molecule has 0 unspecified atom stereocenters. The molecule has 1 N–H and O–H groups in total. The van der Waals surface area contributed by atoms with E-state index in [-0.39, 0.29) is 30.5 Å². The fraction of sp³-hybridized carbons (Fsp3) is 0.625. The van der Waals surface area contributed by atoms with Gasteiger partial charge < -0.3 is 15.0 Å². The second-order valence-corrected chi connectivity index (χ2v) is 5.81. The number of hydrogen-bond acceptors (Lipinski definition) is 5. The Labute approximate surface area is 140 Å². The Hall–Kier alpha value is -2.22. The van der Waals surface area contributed by atoms with Gasteiger partial charge in [-0.3, -0.25) is 14.2 Å². The van der Waals surface area contributed by atoms with E-state index < -0.39 is 5.69 Å². The third-order valence-corrected chi connectivity index (χ3v) is 4.37. The normalized spacial score (nSPS) is 20.7. The minimum atomic E-state index is -0.451. The number of piperidine rings is 1. The summed E-state index contributed by atoms with van der Waals surface area (Å²) in [7, 11) is 3.21. The van der Waals surface area contributed by atoms with E-state index in [0.717, 1.165) is 12.8 Å². The van der Waals surface area contributed by atoms with Gasteiger partial charge in [0.2, 0.25) is 11.8 Å². The van der Waals surface area contributed by atoms with Gasteiger partial charge in [-0.1, -0.05) is 0 Å². The fourth-order valence-electron chi connectivity index (χ4n) is 3.10. The second kappa shape index (κ2) is 8.58. The van der Waals surface area contributed by atoms with E-state index in [1.807, 2.05) is 0 Å². The van der Waals surface area contributed by atoms with Gasteiger partial charge in [0.15, 0.2) is 0 Å². The van der Waals surface area contributed by atoms with E-state index >= 15 is 0 Å². The maximum absolute atomic E-state index is 12.7. The van der Waals surface area contributed by atoms with Crippen molar-refractivity contribution in [1.29, 1.82) is 0 Å². The van der Waals surface area contributed by atoms with E-state index in [0.29, 0.717) is 19.4 Å². The summed E-state index contributed by atoms with van der Waals surface area (Å²) < 4.78 is 6.80. The first-order valence-corrected chi connectivity index (χ1v) is 8.11. The van der Waals surface area contributed by atoms with Gasteiger partial charge in [-0.05, 0) is 25.3 Å². The van der Waals surface area contributed by atoms with Crippen molar-refractivity contribution < 1.29 is 14.3 Å². The maximum atomic E-state index is 12.7. The molecule has 24 heavy (non-hydrogen) atoms. The third kappa shape index (κ3) is 4.41. The van der Waals surface area contributed by atoms with Crippen molar-refractivity contribution >= 4 is 11.8 Å². The van der Waals surface area contributed by atoms with Crippen molar-refractivity contribution in [2.75, 3.05) is 20.7 Å². The quantitative estimate of drug-likeness (QED) is 0.775. The first kappa shape index (κ1) is 18.1. The molecule has 0 aliphatic carbocycles. The van der Waals surface area contributed by atoms with Crippen LogP contribution in [0, 0.1) is 0 Å². The molecule has 1 aliphatic heterocycles. The van der Waals surface area contributed by atoms with E-state index in [1.54, 1.807) is 31.3 Å². The molecule has 2 heterocycles. The van der Waals surface area contributed by atoms with Crippen LogP contribution in [0.1, 0.15) is 25.7 Å². The number of likely N-dealkylation sites (tertiary alicyclic amines) is 1. The number of rotatable bonds is 6. The highest BCUT2D eigenvalue weighted by molar-refractivity contribution is 5.77. The summed E-state index contributed by atoms with van der Waals surface area (Å²) in [6.45, 7) is 0.547. The average molecular weight is 336 g/mol. The molecule has 1 aromatic rings. The number of nitrogens with one attached hydrogen (secondary N) is 1. The number of aromatic nitrogens is 2. The van der Waals surface area contributed by atoms with Gasteiger partial charge in [0.25, 0.3) is 0 Å². The summed E-state index contributed by atoms with van der Waals surface area (Å²) in [5, 5.41) is 2.59. The highest BCUT2D eigenvalue weighted by Crippen LogP contribution is 2.24. The third-order valence-electron chi connectivity index (χ3n) is 4.37. The Kier molecular flexibility index (Phi) is 6.48. The molecule has 2 amide bonds. The summed E-state index contributed by atoms with van der Waals surface area (Å²) in [4.78, 5) is 41.3. The molecule has 1 aliphatic rings. The molecule has 0 bridgehead atoms. The van der Waals surface area contributed by atoms with Crippen LogP contribution in [0.4, 0.5) is 0 Å². The van der Waals surface area contributed by atoms with Crippen LogP contribution in [0.2, 0.25) is 0 Å². The molecule has 1 saturated heterocycles. The number of carbonyl (C=O) groups is 2. The zero-order chi connectivity index (χ0) is 17.5. The van der Waals surface area contributed by atoms with Crippen LogP contribution in [0.3, 0.4) is 0 Å². The number of hydrogen-bond donors (Lipinski definition) is 1. The van der Waals surface area contributed by atoms with Crippen LogP contribution in [0.5, 0.6) is 0 Å². The molecule has 132 valence electrons. The lowest BCUT2D eigenvalue weighted by Crippen LogP contribution is -2.53. The maximum Gasteiger partial charge on any atom is 0.347 e. The molecular weight excluding hydrogens is 312 g/mol. The number of ether oxygens (including phenoxy) is 1. The zero-order valence-corrected chi connectivity index (χ0v) is 14.1. The van der Waals surface area contributed by atoms with E-state index in [2.05, 4.69) is 10.3 Å². The van der Waals surface area contributed by atoms with Crippen LogP contribution in [-0.4, -0.2) is 59.1 Å². The molecule has 8 nitrogen and oxygen atoms in total. The number of nitrogens with zero attached hydrogens (tertiary/aromatic N) is 3. The molecule has 2 rings (SSSR count). The van der Waals surface area contributed by atoms with Crippen molar-refractivity contribution in [3.63, 3.8) is 0 Å². The largest absolute Gasteiger partial charge is 0.379 e. The molecule has 1 fully saturated rings. The summed E-state index contributed by atoms with van der Waals surface area (Å²) in [5.41, 5.74) is -0.451. The van der Waals surface area contributed by atoms with Crippen molar-refractivity contribution in [2.24, 2.45) is 0 Å². The van der Waals surface area contributed by atoms with E-state index in [1.165, 1.54) is 10.8 Å². The van der Waals surface area contributed by atoms with Crippen molar-refractivity contribution in [2.45, 2.75) is 44.4 Å². The van der Waals surface area contributed by atoms with Gasteiger partial charge in [-0.15, -0.1) is 0 Å². The zero-order valence-electron chi connectivity index (χ0n) is 14.1. The fourth-order valence-corrected chi connectivity index (χ4v) is 3.10. The molecule has 0 saturated carbocycles. The van der Waals surface area contributed by atoms with Crippen molar-refractivity contribution in [3.05, 3.63) is 28.9 Å². The summed E-state index contributed by atoms with van der Waals surface area (Å²) in [6.07, 6.45) is 5.40. The number of amides is 2. The Bertz CT molecular complexity index is 631. The Morgan fingerprint density at radius 3 is 2.92 bits per heavy atom. The number of carbonyl (C=O) groups excluding carboxylic acids is 2. The number of methoxy groups -OCH3 is 1. The van der Waals surface area contributed by atoms with Crippen molar-refractivity contribution in [3.8, 4) is 0 Å². The Morgan fingerprint density at radius 1 is 1.46 bits per heavy atom.